The van der Waals surface area contributed by atoms with Crippen LogP contribution in [0.2, 0.25) is 0 Å². The number of benzene rings is 1. The van der Waals surface area contributed by atoms with Gasteiger partial charge in [-0.2, -0.15) is 0 Å². The number of hydrogen-bond donors (Lipinski definition) is 2. The van der Waals surface area contributed by atoms with E-state index in [4.69, 9.17) is 0 Å². The average molecular weight is 268 g/mol. The van der Waals surface area contributed by atoms with Gasteiger partial charge in [-0.25, -0.2) is 4.39 Å². The Morgan fingerprint density at radius 3 is 2.58 bits per heavy atom. The lowest BCUT2D eigenvalue weighted by molar-refractivity contribution is 0.216. The molecule has 0 fully saturated rings. The van der Waals surface area contributed by atoms with E-state index < -0.39 is 5.54 Å². The smallest absolute Gasteiger partial charge is 0.123 e. The van der Waals surface area contributed by atoms with Crippen LogP contribution in [0.3, 0.4) is 0 Å². The third-order valence-electron chi connectivity index (χ3n) is 3.62. The average Bonchev–Trinajstić information content (AvgIpc) is 2.38. The Kier molecular flexibility index (Phi) is 5.32. The molecule has 4 heteroatoms. The lowest BCUT2D eigenvalue weighted by Gasteiger charge is -2.38. The second-order valence-corrected chi connectivity index (χ2v) is 5.51. The van der Waals surface area contributed by atoms with Crippen LogP contribution in [0.4, 0.5) is 10.1 Å². The van der Waals surface area contributed by atoms with E-state index in [1.807, 2.05) is 39.6 Å². The molecule has 0 amide bonds. The van der Waals surface area contributed by atoms with Crippen molar-refractivity contribution < 1.29 is 9.50 Å². The summed E-state index contributed by atoms with van der Waals surface area (Å²) in [7, 11) is 1.92. The van der Waals surface area contributed by atoms with E-state index in [9.17, 15) is 9.50 Å². The van der Waals surface area contributed by atoms with Crippen LogP contribution < -0.4 is 10.2 Å². The minimum absolute atomic E-state index is 0.0376. The first-order valence-corrected chi connectivity index (χ1v) is 6.71. The van der Waals surface area contributed by atoms with Crippen LogP contribution in [0.25, 0.3) is 0 Å². The Bertz CT molecular complexity index is 421. The second-order valence-electron chi connectivity index (χ2n) is 5.51. The minimum atomic E-state index is -0.390. The molecule has 108 valence electrons. The Morgan fingerprint density at radius 1 is 1.42 bits per heavy atom. The van der Waals surface area contributed by atoms with Crippen LogP contribution in [-0.4, -0.2) is 30.8 Å². The van der Waals surface area contributed by atoms with Gasteiger partial charge in [0.25, 0.3) is 0 Å². The van der Waals surface area contributed by atoms with Crippen LogP contribution in [0.15, 0.2) is 18.2 Å². The highest BCUT2D eigenvalue weighted by molar-refractivity contribution is 5.56. The zero-order valence-electron chi connectivity index (χ0n) is 12.5. The molecule has 0 aromatic heterocycles. The second kappa shape index (κ2) is 6.35. The molecule has 0 aliphatic rings. The maximum atomic E-state index is 13.5. The first-order valence-electron chi connectivity index (χ1n) is 6.71. The Labute approximate surface area is 115 Å². The standard InChI is InChI=1S/C15H25FN2O/c1-6-17-11(2)13-9-12(16)7-8-14(13)18(5)15(3,4)10-19/h7-9,11,17,19H,6,10H2,1-5H3. The summed E-state index contributed by atoms with van der Waals surface area (Å²) in [6.07, 6.45) is 0. The molecule has 3 nitrogen and oxygen atoms in total. The first kappa shape index (κ1) is 15.9. The fourth-order valence-corrected chi connectivity index (χ4v) is 2.03. The summed E-state index contributed by atoms with van der Waals surface area (Å²) in [5.41, 5.74) is 1.46. The van der Waals surface area contributed by atoms with E-state index in [1.165, 1.54) is 6.07 Å². The third-order valence-corrected chi connectivity index (χ3v) is 3.62. The third kappa shape index (κ3) is 3.67. The molecule has 0 saturated heterocycles. The summed E-state index contributed by atoms with van der Waals surface area (Å²) in [5.74, 6) is -0.237. The topological polar surface area (TPSA) is 35.5 Å². The fraction of sp³-hybridized carbons (Fsp3) is 0.600. The van der Waals surface area contributed by atoms with Gasteiger partial charge in [0.15, 0.2) is 0 Å². The molecule has 19 heavy (non-hydrogen) atoms. The summed E-state index contributed by atoms with van der Waals surface area (Å²) in [6.45, 7) is 8.81. The molecule has 0 bridgehead atoms. The van der Waals surface area contributed by atoms with Gasteiger partial charge >= 0.3 is 0 Å². The molecule has 1 aromatic rings. The van der Waals surface area contributed by atoms with Crippen molar-refractivity contribution in [1.82, 2.24) is 5.32 Å². The predicted molar refractivity (Wildman–Crippen MR) is 78.1 cm³/mol. The number of halogens is 1. The van der Waals surface area contributed by atoms with Gasteiger partial charge in [-0.15, -0.1) is 0 Å². The van der Waals surface area contributed by atoms with Gasteiger partial charge in [0.05, 0.1) is 12.1 Å². The van der Waals surface area contributed by atoms with Crippen molar-refractivity contribution >= 4 is 5.69 Å². The van der Waals surface area contributed by atoms with Crippen LogP contribution in [0.1, 0.15) is 39.3 Å². The maximum Gasteiger partial charge on any atom is 0.123 e. The van der Waals surface area contributed by atoms with Crippen LogP contribution in [0.5, 0.6) is 0 Å². The van der Waals surface area contributed by atoms with Crippen LogP contribution in [0, 0.1) is 5.82 Å². The molecule has 1 aromatic carbocycles. The highest BCUT2D eigenvalue weighted by Crippen LogP contribution is 2.30. The van der Waals surface area contributed by atoms with Crippen molar-refractivity contribution in [3.05, 3.63) is 29.6 Å². The monoisotopic (exact) mass is 268 g/mol. The van der Waals surface area contributed by atoms with Crippen LogP contribution in [-0.2, 0) is 0 Å². The van der Waals surface area contributed by atoms with Gasteiger partial charge < -0.3 is 15.3 Å². The minimum Gasteiger partial charge on any atom is -0.394 e. The highest BCUT2D eigenvalue weighted by atomic mass is 19.1. The molecule has 1 atom stereocenters. The Morgan fingerprint density at radius 2 is 2.05 bits per heavy atom. The zero-order chi connectivity index (χ0) is 14.6. The van der Waals surface area contributed by atoms with Gasteiger partial charge in [0.2, 0.25) is 0 Å². The molecule has 0 saturated carbocycles. The maximum absolute atomic E-state index is 13.5. The number of aliphatic hydroxyl groups is 1. The molecule has 0 aliphatic carbocycles. The number of nitrogens with zero attached hydrogens (tertiary/aromatic N) is 1. The lowest BCUT2D eigenvalue weighted by Crippen LogP contribution is -2.45. The van der Waals surface area contributed by atoms with Gasteiger partial charge in [-0.3, -0.25) is 0 Å². The van der Waals surface area contributed by atoms with E-state index in [0.29, 0.717) is 0 Å². The van der Waals surface area contributed by atoms with E-state index in [-0.39, 0.29) is 18.5 Å². The van der Waals surface area contributed by atoms with Crippen molar-refractivity contribution in [2.45, 2.75) is 39.3 Å². The Balaban J connectivity index is 3.20. The molecule has 1 unspecified atom stereocenters. The lowest BCUT2D eigenvalue weighted by atomic mass is 9.99. The molecule has 0 radical (unpaired) electrons. The Hall–Kier alpha value is -1.13. The van der Waals surface area contributed by atoms with E-state index in [0.717, 1.165) is 17.8 Å². The van der Waals surface area contributed by atoms with Crippen molar-refractivity contribution in [3.63, 3.8) is 0 Å². The number of likely N-dealkylation sites (N-methyl/N-ethyl adjacent to an activating group) is 1. The molecular weight excluding hydrogens is 243 g/mol. The van der Waals surface area contributed by atoms with Crippen molar-refractivity contribution in [2.24, 2.45) is 0 Å². The van der Waals surface area contributed by atoms with Crippen molar-refractivity contribution in [3.8, 4) is 0 Å². The number of anilines is 1. The van der Waals surface area contributed by atoms with Gasteiger partial charge in [-0.05, 0) is 51.1 Å². The quantitative estimate of drug-likeness (QED) is 0.832. The number of nitrogens with one attached hydrogen (secondary N) is 1. The largest absolute Gasteiger partial charge is 0.394 e. The van der Waals surface area contributed by atoms with E-state index in [1.54, 1.807) is 12.1 Å². The summed E-state index contributed by atoms with van der Waals surface area (Å²) in [4.78, 5) is 2.00. The summed E-state index contributed by atoms with van der Waals surface area (Å²) < 4.78 is 13.5. The van der Waals surface area contributed by atoms with Gasteiger partial charge in [-0.1, -0.05) is 6.92 Å². The van der Waals surface area contributed by atoms with E-state index in [2.05, 4.69) is 5.32 Å². The predicted octanol–water partition coefficient (Wildman–Crippen LogP) is 2.70. The molecule has 0 spiro atoms. The summed E-state index contributed by atoms with van der Waals surface area (Å²) in [6, 6.07) is 4.86. The van der Waals surface area contributed by atoms with Gasteiger partial charge in [0, 0.05) is 18.8 Å². The SMILES string of the molecule is CCNC(C)c1cc(F)ccc1N(C)C(C)(C)CO. The highest BCUT2D eigenvalue weighted by Gasteiger charge is 2.25. The molecule has 0 aliphatic heterocycles. The molecule has 0 heterocycles. The van der Waals surface area contributed by atoms with E-state index >= 15 is 0 Å². The number of hydrogen-bond acceptors (Lipinski definition) is 3. The molecular formula is C15H25FN2O. The van der Waals surface area contributed by atoms with Crippen molar-refractivity contribution in [2.75, 3.05) is 25.1 Å². The van der Waals surface area contributed by atoms with Gasteiger partial charge in [0.1, 0.15) is 5.82 Å². The zero-order valence-corrected chi connectivity index (χ0v) is 12.5. The molecule has 1 rings (SSSR count). The normalized spacial score (nSPS) is 13.4. The summed E-state index contributed by atoms with van der Waals surface area (Å²) >= 11 is 0. The fourth-order valence-electron chi connectivity index (χ4n) is 2.03. The van der Waals surface area contributed by atoms with Crippen LogP contribution >= 0.6 is 0 Å². The number of rotatable bonds is 6. The first-order chi connectivity index (χ1) is 8.83. The van der Waals surface area contributed by atoms with Crippen molar-refractivity contribution in [1.29, 1.82) is 0 Å². The molecule has 2 N–H and O–H groups in total. The summed E-state index contributed by atoms with van der Waals surface area (Å²) in [5, 5.41) is 12.8. The number of aliphatic hydroxyl groups excluding tert-OH is 1.